The van der Waals surface area contributed by atoms with Crippen molar-refractivity contribution in [1.82, 2.24) is 16.0 Å². The van der Waals surface area contributed by atoms with Crippen molar-refractivity contribution in [2.24, 2.45) is 22.9 Å². The summed E-state index contributed by atoms with van der Waals surface area (Å²) >= 11 is 0. The van der Waals surface area contributed by atoms with E-state index in [4.69, 9.17) is 22.9 Å². The minimum Gasteiger partial charge on any atom is -0.370 e. The van der Waals surface area contributed by atoms with Gasteiger partial charge in [-0.3, -0.25) is 9.59 Å². The lowest BCUT2D eigenvalue weighted by molar-refractivity contribution is -0.119. The second-order valence-corrected chi connectivity index (χ2v) is 4.61. The Morgan fingerprint density at radius 2 is 0.955 bits per heavy atom. The van der Waals surface area contributed by atoms with Crippen LogP contribution in [-0.2, 0) is 9.59 Å². The molecule has 2 amide bonds. The number of carbonyl (C=O) groups excluding carboxylic acids is 2. The van der Waals surface area contributed by atoms with Crippen LogP contribution in [0.2, 0.25) is 0 Å². The van der Waals surface area contributed by atoms with Gasteiger partial charge in [0.05, 0.1) is 0 Å². The van der Waals surface area contributed by atoms with Gasteiger partial charge < -0.3 is 38.9 Å². The normalized spacial score (nSPS) is 9.91. The van der Waals surface area contributed by atoms with E-state index in [0.717, 1.165) is 39.3 Å². The first kappa shape index (κ1) is 23.0. The van der Waals surface area contributed by atoms with Crippen molar-refractivity contribution in [3.05, 3.63) is 0 Å². The van der Waals surface area contributed by atoms with Crippen LogP contribution in [0.25, 0.3) is 0 Å². The SMILES string of the molecule is NC(=O)CCCC(N)=O.NCCNCCNCCNCCN. The highest BCUT2D eigenvalue weighted by Gasteiger charge is 1.96. The first-order chi connectivity index (χ1) is 10.5. The van der Waals surface area contributed by atoms with E-state index in [1.54, 1.807) is 0 Å². The molecule has 0 aromatic carbocycles. The minimum absolute atomic E-state index is 0.239. The van der Waals surface area contributed by atoms with Gasteiger partial charge in [-0.2, -0.15) is 0 Å². The summed E-state index contributed by atoms with van der Waals surface area (Å²) in [6.07, 6.45) is 0.941. The molecule has 11 N–H and O–H groups in total. The highest BCUT2D eigenvalue weighted by atomic mass is 16.1. The Balaban J connectivity index is 0. The molecule has 0 spiro atoms. The van der Waals surface area contributed by atoms with Crippen LogP contribution >= 0.6 is 0 Å². The van der Waals surface area contributed by atoms with Crippen LogP contribution in [-0.4, -0.2) is 64.2 Å². The zero-order valence-electron chi connectivity index (χ0n) is 13.4. The third-order valence-corrected chi connectivity index (χ3v) is 2.45. The maximum atomic E-state index is 10.1. The number of hydrogen-bond acceptors (Lipinski definition) is 7. The third kappa shape index (κ3) is 27.1. The second-order valence-electron chi connectivity index (χ2n) is 4.61. The number of rotatable bonds is 14. The molecule has 0 atom stereocenters. The molecule has 0 aromatic rings. The molecule has 0 saturated carbocycles. The van der Waals surface area contributed by atoms with Gasteiger partial charge in [0.25, 0.3) is 0 Å². The molecular weight excluding hydrogens is 286 g/mol. The smallest absolute Gasteiger partial charge is 0.217 e. The van der Waals surface area contributed by atoms with E-state index in [-0.39, 0.29) is 12.8 Å². The number of carbonyl (C=O) groups is 2. The van der Waals surface area contributed by atoms with Crippen molar-refractivity contribution < 1.29 is 9.59 Å². The first-order valence-electron chi connectivity index (χ1n) is 7.63. The highest BCUT2D eigenvalue weighted by Crippen LogP contribution is 1.91. The number of primary amides is 2. The Morgan fingerprint density at radius 1 is 0.636 bits per heavy atom. The lowest BCUT2D eigenvalue weighted by Crippen LogP contribution is -2.35. The number of nitrogens with one attached hydrogen (secondary N) is 3. The average molecular weight is 319 g/mol. The molecule has 132 valence electrons. The van der Waals surface area contributed by atoms with Crippen LogP contribution in [0.3, 0.4) is 0 Å². The predicted molar refractivity (Wildman–Crippen MR) is 89.0 cm³/mol. The van der Waals surface area contributed by atoms with Crippen molar-refractivity contribution in [2.75, 3.05) is 52.4 Å². The van der Waals surface area contributed by atoms with E-state index in [1.165, 1.54) is 0 Å². The van der Waals surface area contributed by atoms with Crippen LogP contribution in [0, 0.1) is 0 Å². The molecule has 9 heteroatoms. The van der Waals surface area contributed by atoms with Crippen molar-refractivity contribution in [1.29, 1.82) is 0 Å². The maximum absolute atomic E-state index is 10.1. The van der Waals surface area contributed by atoms with Gasteiger partial charge in [-0.25, -0.2) is 0 Å². The van der Waals surface area contributed by atoms with E-state index in [9.17, 15) is 9.59 Å². The summed E-state index contributed by atoms with van der Waals surface area (Å²) in [5, 5.41) is 9.71. The Morgan fingerprint density at radius 3 is 1.23 bits per heavy atom. The summed E-state index contributed by atoms with van der Waals surface area (Å²) in [5.74, 6) is -0.785. The molecule has 0 aliphatic carbocycles. The van der Waals surface area contributed by atoms with Crippen LogP contribution in [0.4, 0.5) is 0 Å². The van der Waals surface area contributed by atoms with E-state index in [0.29, 0.717) is 19.5 Å². The molecule has 0 rings (SSSR count). The maximum Gasteiger partial charge on any atom is 0.217 e. The van der Waals surface area contributed by atoms with E-state index < -0.39 is 11.8 Å². The Bertz CT molecular complexity index is 241. The molecule has 22 heavy (non-hydrogen) atoms. The first-order valence-corrected chi connectivity index (χ1v) is 7.63. The zero-order chi connectivity index (χ0) is 17.1. The Labute approximate surface area is 132 Å². The fourth-order valence-corrected chi connectivity index (χ4v) is 1.37. The zero-order valence-corrected chi connectivity index (χ0v) is 13.4. The predicted octanol–water partition coefficient (Wildman–Crippen LogP) is -3.20. The summed E-state index contributed by atoms with van der Waals surface area (Å²) in [5.41, 5.74) is 20.2. The summed E-state index contributed by atoms with van der Waals surface area (Å²) in [6, 6.07) is 0. The fraction of sp³-hybridized carbons (Fsp3) is 0.846. The van der Waals surface area contributed by atoms with Gasteiger partial charge in [-0.15, -0.1) is 0 Å². The molecule has 0 radical (unpaired) electrons. The highest BCUT2D eigenvalue weighted by molar-refractivity contribution is 5.76. The van der Waals surface area contributed by atoms with Crippen LogP contribution in [0.5, 0.6) is 0 Å². The van der Waals surface area contributed by atoms with E-state index in [2.05, 4.69) is 16.0 Å². The van der Waals surface area contributed by atoms with Crippen molar-refractivity contribution >= 4 is 11.8 Å². The van der Waals surface area contributed by atoms with Gasteiger partial charge in [0.1, 0.15) is 0 Å². The van der Waals surface area contributed by atoms with Gasteiger partial charge in [0.2, 0.25) is 11.8 Å². The summed E-state index contributed by atoms with van der Waals surface area (Å²) in [7, 11) is 0. The van der Waals surface area contributed by atoms with Crippen LogP contribution < -0.4 is 38.9 Å². The Kier molecular flexibility index (Phi) is 20.6. The number of hydrogen-bond donors (Lipinski definition) is 7. The minimum atomic E-state index is -0.392. The number of amides is 2. The van der Waals surface area contributed by atoms with Crippen LogP contribution in [0.1, 0.15) is 19.3 Å². The molecule has 9 nitrogen and oxygen atoms in total. The molecule has 0 fully saturated rings. The molecule has 0 unspecified atom stereocenters. The lowest BCUT2D eigenvalue weighted by atomic mass is 10.2. The average Bonchev–Trinajstić information content (AvgIpc) is 2.45. The molecule has 0 saturated heterocycles. The molecule has 0 aliphatic heterocycles. The van der Waals surface area contributed by atoms with Gasteiger partial charge in [0, 0.05) is 65.2 Å². The van der Waals surface area contributed by atoms with E-state index in [1.807, 2.05) is 0 Å². The number of nitrogens with two attached hydrogens (primary N) is 4. The van der Waals surface area contributed by atoms with Crippen LogP contribution in [0.15, 0.2) is 0 Å². The largest absolute Gasteiger partial charge is 0.370 e. The summed E-state index contributed by atoms with van der Waals surface area (Å²) in [4.78, 5) is 20.1. The summed E-state index contributed by atoms with van der Waals surface area (Å²) in [6.45, 7) is 7.15. The van der Waals surface area contributed by atoms with Crippen molar-refractivity contribution in [3.63, 3.8) is 0 Å². The standard InChI is InChI=1S/C8H23N5.C5H10N2O2/c9-1-3-11-5-7-13-8-6-12-4-2-10;6-4(8)2-1-3-5(7)9/h11-13H,1-10H2;1-3H2,(H2,6,8)(H2,7,9). The second kappa shape index (κ2) is 19.7. The van der Waals surface area contributed by atoms with Gasteiger partial charge in [-0.1, -0.05) is 0 Å². The lowest BCUT2D eigenvalue weighted by Gasteiger charge is -2.06. The fourth-order valence-electron chi connectivity index (χ4n) is 1.37. The molecular formula is C13H33N7O2. The molecule has 0 heterocycles. The van der Waals surface area contributed by atoms with Gasteiger partial charge in [0.15, 0.2) is 0 Å². The quantitative estimate of drug-likeness (QED) is 0.165. The van der Waals surface area contributed by atoms with Crippen molar-refractivity contribution in [2.45, 2.75) is 19.3 Å². The van der Waals surface area contributed by atoms with Gasteiger partial charge >= 0.3 is 0 Å². The van der Waals surface area contributed by atoms with Gasteiger partial charge in [-0.05, 0) is 6.42 Å². The topological polar surface area (TPSA) is 174 Å². The monoisotopic (exact) mass is 319 g/mol. The molecule has 0 aromatic heterocycles. The van der Waals surface area contributed by atoms with Crippen molar-refractivity contribution in [3.8, 4) is 0 Å². The molecule has 0 bridgehead atoms. The third-order valence-electron chi connectivity index (χ3n) is 2.45. The molecule has 0 aliphatic rings. The van der Waals surface area contributed by atoms with E-state index >= 15 is 0 Å². The Hall–Kier alpha value is -1.26. The summed E-state index contributed by atoms with van der Waals surface area (Å²) < 4.78 is 0.